The van der Waals surface area contributed by atoms with Crippen molar-refractivity contribution in [3.63, 3.8) is 0 Å². The van der Waals surface area contributed by atoms with Crippen molar-refractivity contribution in [2.24, 2.45) is 0 Å². The van der Waals surface area contributed by atoms with Crippen LogP contribution in [0, 0.1) is 73.4 Å². The lowest BCUT2D eigenvalue weighted by Gasteiger charge is -2.19. The molecule has 0 spiro atoms. The van der Waals surface area contributed by atoms with Crippen LogP contribution in [0.3, 0.4) is 0 Å². The average Bonchev–Trinajstić information content (AvgIpc) is 1.58. The van der Waals surface area contributed by atoms with Crippen molar-refractivity contribution in [2.75, 3.05) is 0 Å². The minimum atomic E-state index is 0.515. The molecule has 0 unspecified atom stereocenters. The van der Waals surface area contributed by atoms with E-state index in [4.69, 9.17) is 39.4 Å². The second kappa shape index (κ2) is 37.0. The number of hydrogen-bond acceptors (Lipinski definition) is 3. The zero-order chi connectivity index (χ0) is 101. The lowest BCUT2D eigenvalue weighted by atomic mass is 9.89. The minimum absolute atomic E-state index is 0.515. The first kappa shape index (κ1) is 89.2. The van der Waals surface area contributed by atoms with Crippen molar-refractivity contribution in [1.82, 2.24) is 27.4 Å². The van der Waals surface area contributed by atoms with E-state index in [1.54, 1.807) is 0 Å². The Morgan fingerprint density at radius 2 is 0.420 bits per heavy atom. The summed E-state index contributed by atoms with van der Waals surface area (Å²) >= 11 is 0. The van der Waals surface area contributed by atoms with E-state index >= 15 is 0 Å². The largest absolute Gasteiger partial charge is 0.310 e. The molecule has 27 aromatic rings. The molecular weight excluding hydrogens is 1830 g/mol. The molecule has 690 valence electrons. The molecular formula is C135H75N15. The highest BCUT2D eigenvalue weighted by Crippen LogP contribution is 2.50. The third-order valence-electron chi connectivity index (χ3n) is 28.8. The Hall–Kier alpha value is -22.2. The molecule has 27 rings (SSSR count). The fraction of sp³-hybridized carbons (Fsp3) is 0. The van der Waals surface area contributed by atoms with E-state index in [-0.39, 0.29) is 0 Å². The standard InChI is InChI=1S/3C45H25N5/c1-47-31-21-25-43-39(26-31)36-13-5-8-17-42(36)50(43)44-27-32(48-2)20-24-37(44)38-14-9-10-30(28-46)45(38)29-18-22-33(23-19-29)49-40-15-6-3-11-34(40)35-12-4-7-16-41(35)49;1-47-31-21-24-44-39(26-31)37-15-7-10-18-43(37)50(44)45-27-32(48-2)20-22-38(45)34-12-4-3-11-33(34)29-19-23-40(30(25-29)28-46)49-41-16-8-5-13-35(41)36-14-6-9-17-42(36)49;1-47-30-20-24-44-40(26-30)38-15-7-10-18-43(38)50(44)45-27-31(48-2)19-22-39(45)35-12-4-3-11-34(35)33-23-21-32(25-29(33)28-46)49-41-16-8-5-13-36(41)37-14-6-9-17-42(37)49/h3*3-27H. The second-order valence-electron chi connectivity index (χ2n) is 36.7. The molecule has 15 heteroatoms. The Balaban J connectivity index is 0.000000116. The maximum atomic E-state index is 10.6. The SMILES string of the molecule is [C-]#[N+]c1ccc(-c2cccc(C#N)c2-c2ccc(-n3c4ccccc4c4ccccc43)cc2)c(-n2c3ccccc3c3cc([N+]#[C-])ccc32)c1.[C-]#[N+]c1ccc(-c2ccccc2-c2ccc(-n3c4ccccc4c4ccccc43)c(C#N)c2)c(-n2c3ccccc3c3cc([N+]#[C-])ccc32)c1.[C-]#[N+]c1ccc(-c2ccccc2-c2ccc(-n3c4ccccc4c4ccccc43)cc2C#N)c(-n2c3ccccc3c3cc([N+]#[C-])ccc32)c1. The highest BCUT2D eigenvalue weighted by Gasteiger charge is 2.28. The molecule has 0 atom stereocenters. The summed E-state index contributed by atoms with van der Waals surface area (Å²) in [6.07, 6.45) is 0. The van der Waals surface area contributed by atoms with Gasteiger partial charge in [0.1, 0.15) is 6.07 Å². The van der Waals surface area contributed by atoms with E-state index in [0.29, 0.717) is 50.8 Å². The molecule has 0 aliphatic rings. The van der Waals surface area contributed by atoms with Crippen molar-refractivity contribution in [3.8, 4) is 119 Å². The number of hydrogen-bond donors (Lipinski definition) is 0. The third-order valence-corrected chi connectivity index (χ3v) is 28.8. The van der Waals surface area contributed by atoms with Crippen LogP contribution in [0.5, 0.6) is 0 Å². The van der Waals surface area contributed by atoms with Gasteiger partial charge in [-0.25, -0.2) is 29.1 Å². The van der Waals surface area contributed by atoms with Gasteiger partial charge in [-0.05, 0) is 207 Å². The number of fused-ring (bicyclic) bond motifs is 18. The first-order valence-corrected chi connectivity index (χ1v) is 48.7. The van der Waals surface area contributed by atoms with Crippen LogP contribution >= 0.6 is 0 Å². The summed E-state index contributed by atoms with van der Waals surface area (Å²) < 4.78 is 13.3. The average molecular weight is 1910 g/mol. The first-order chi connectivity index (χ1) is 74.0. The van der Waals surface area contributed by atoms with Crippen LogP contribution in [-0.4, -0.2) is 27.4 Å². The van der Waals surface area contributed by atoms with Crippen LogP contribution in [0.25, 0.3) is 261 Å². The summed E-state index contributed by atoms with van der Waals surface area (Å²) in [7, 11) is 0. The highest BCUT2D eigenvalue weighted by molar-refractivity contribution is 6.17. The van der Waals surface area contributed by atoms with Gasteiger partial charge in [-0.3, -0.25) is 0 Å². The summed E-state index contributed by atoms with van der Waals surface area (Å²) in [5, 5.41) is 44.7. The number of aromatic nitrogens is 6. The Bertz CT molecular complexity index is 10700. The van der Waals surface area contributed by atoms with E-state index in [2.05, 4.69) is 299 Å². The zero-order valence-corrected chi connectivity index (χ0v) is 80.0. The Labute approximate surface area is 861 Å². The predicted octanol–water partition coefficient (Wildman–Crippen LogP) is 36.6. The maximum absolute atomic E-state index is 10.6. The lowest BCUT2D eigenvalue weighted by Crippen LogP contribution is -1.99. The van der Waals surface area contributed by atoms with Gasteiger partial charge in [-0.2, -0.15) is 15.8 Å². The number of para-hydroxylation sites is 9. The van der Waals surface area contributed by atoms with Gasteiger partial charge in [0.25, 0.3) is 0 Å². The van der Waals surface area contributed by atoms with Crippen LogP contribution in [0.4, 0.5) is 34.1 Å². The summed E-state index contributed by atoms with van der Waals surface area (Å²) in [5.74, 6) is 0. The third kappa shape index (κ3) is 14.7. The van der Waals surface area contributed by atoms with E-state index in [0.717, 1.165) is 210 Å². The number of nitrogens with zero attached hydrogens (tertiary/aromatic N) is 15. The first-order valence-electron chi connectivity index (χ1n) is 48.7. The van der Waals surface area contributed by atoms with Gasteiger partial charge in [0, 0.05) is 105 Å². The fourth-order valence-corrected chi connectivity index (χ4v) is 22.3. The van der Waals surface area contributed by atoms with Gasteiger partial charge in [-0.15, -0.1) is 0 Å². The maximum Gasteiger partial charge on any atom is 0.189 e. The molecule has 6 aromatic heterocycles. The Kier molecular flexibility index (Phi) is 22.0. The van der Waals surface area contributed by atoms with Gasteiger partial charge in [-0.1, -0.05) is 303 Å². The summed E-state index contributed by atoms with van der Waals surface area (Å²) in [6.45, 7) is 46.5. The van der Waals surface area contributed by atoms with Crippen molar-refractivity contribution in [3.05, 3.63) is 540 Å². The van der Waals surface area contributed by atoms with Crippen molar-refractivity contribution < 1.29 is 0 Å². The molecule has 21 aromatic carbocycles. The molecule has 0 aliphatic heterocycles. The molecule has 15 nitrogen and oxygen atoms in total. The van der Waals surface area contributed by atoms with Crippen LogP contribution in [0.15, 0.2) is 455 Å². The van der Waals surface area contributed by atoms with Crippen LogP contribution in [0.2, 0.25) is 0 Å². The number of nitriles is 3. The molecule has 0 radical (unpaired) electrons. The van der Waals surface area contributed by atoms with Crippen molar-refractivity contribution in [2.45, 2.75) is 0 Å². The van der Waals surface area contributed by atoms with Gasteiger partial charge >= 0.3 is 0 Å². The van der Waals surface area contributed by atoms with Crippen LogP contribution in [0.1, 0.15) is 16.7 Å². The topological polar surface area (TPSA) is 127 Å². The molecule has 0 saturated heterocycles. The molecule has 0 N–H and O–H groups in total. The summed E-state index contributed by atoms with van der Waals surface area (Å²) in [5.41, 5.74) is 33.7. The molecule has 0 bridgehead atoms. The van der Waals surface area contributed by atoms with Gasteiger partial charge in [0.15, 0.2) is 34.1 Å². The molecule has 0 saturated carbocycles. The molecule has 150 heavy (non-hydrogen) atoms. The monoisotopic (exact) mass is 1910 g/mol. The summed E-state index contributed by atoms with van der Waals surface area (Å²) in [6, 6.07) is 160. The number of benzene rings is 21. The zero-order valence-electron chi connectivity index (χ0n) is 80.0. The predicted molar refractivity (Wildman–Crippen MR) is 610 cm³/mol. The van der Waals surface area contributed by atoms with Gasteiger partial charge < -0.3 is 27.4 Å². The van der Waals surface area contributed by atoms with E-state index in [9.17, 15) is 15.8 Å². The van der Waals surface area contributed by atoms with Gasteiger partial charge in [0.2, 0.25) is 0 Å². The van der Waals surface area contributed by atoms with Crippen LogP contribution in [-0.2, 0) is 0 Å². The molecule has 0 amide bonds. The number of rotatable bonds is 12. The minimum Gasteiger partial charge on any atom is -0.310 e. The highest BCUT2D eigenvalue weighted by atomic mass is 15.0. The molecule has 0 aliphatic carbocycles. The second-order valence-corrected chi connectivity index (χ2v) is 36.7. The summed E-state index contributed by atoms with van der Waals surface area (Å²) in [4.78, 5) is 22.5. The fourth-order valence-electron chi connectivity index (χ4n) is 22.3. The van der Waals surface area contributed by atoms with Gasteiger partial charge in [0.05, 0.1) is 140 Å². The van der Waals surface area contributed by atoms with E-state index < -0.39 is 0 Å². The van der Waals surface area contributed by atoms with Crippen LogP contribution < -0.4 is 0 Å². The van der Waals surface area contributed by atoms with Crippen molar-refractivity contribution >= 4 is 165 Å². The van der Waals surface area contributed by atoms with Crippen molar-refractivity contribution in [1.29, 1.82) is 15.8 Å². The normalized spacial score (nSPS) is 11.1. The Morgan fingerprint density at radius 1 is 0.160 bits per heavy atom. The smallest absolute Gasteiger partial charge is 0.189 e. The quantitative estimate of drug-likeness (QED) is 0.113. The molecule has 0 fully saturated rings. The molecule has 6 heterocycles. The Morgan fingerprint density at radius 3 is 0.780 bits per heavy atom. The lowest BCUT2D eigenvalue weighted by molar-refractivity contribution is 1.17. The van der Waals surface area contributed by atoms with E-state index in [1.807, 2.05) is 231 Å². The van der Waals surface area contributed by atoms with E-state index in [1.165, 1.54) is 21.5 Å².